The minimum absolute atomic E-state index is 0.398. The average molecular weight is 297 g/mol. The normalized spacial score (nSPS) is 11.0. The molecular weight excluding hydrogens is 282 g/mol. The fourth-order valence-electron chi connectivity index (χ4n) is 2.09. The number of anilines is 1. The molecule has 0 unspecified atom stereocenters. The molecule has 7 nitrogen and oxygen atoms in total. The Morgan fingerprint density at radius 3 is 3.00 bits per heavy atom. The largest absolute Gasteiger partial charge is 0.438 e. The SMILES string of the molecule is CNc1ncnc(Oc2ccc3[nH]ccc3c2)c1/C=N/OC. The number of hydrogen-bond donors (Lipinski definition) is 2. The Morgan fingerprint density at radius 2 is 2.18 bits per heavy atom. The van der Waals surface area contributed by atoms with Gasteiger partial charge in [0, 0.05) is 24.1 Å². The van der Waals surface area contributed by atoms with Gasteiger partial charge >= 0.3 is 0 Å². The van der Waals surface area contributed by atoms with Crippen LogP contribution in [0.15, 0.2) is 41.9 Å². The molecule has 0 aliphatic rings. The lowest BCUT2D eigenvalue weighted by Gasteiger charge is -2.10. The predicted molar refractivity (Wildman–Crippen MR) is 84.6 cm³/mol. The zero-order valence-electron chi connectivity index (χ0n) is 12.2. The highest BCUT2D eigenvalue weighted by Gasteiger charge is 2.11. The van der Waals surface area contributed by atoms with Crippen molar-refractivity contribution in [3.8, 4) is 11.6 Å². The fourth-order valence-corrected chi connectivity index (χ4v) is 2.09. The van der Waals surface area contributed by atoms with Crippen LogP contribution in [-0.2, 0) is 4.84 Å². The number of H-pyrrole nitrogens is 1. The zero-order valence-corrected chi connectivity index (χ0v) is 12.2. The third-order valence-corrected chi connectivity index (χ3v) is 3.11. The number of benzene rings is 1. The summed E-state index contributed by atoms with van der Waals surface area (Å²) in [7, 11) is 3.24. The van der Waals surface area contributed by atoms with Gasteiger partial charge in [-0.2, -0.15) is 0 Å². The predicted octanol–water partition coefficient (Wildman–Crippen LogP) is 2.77. The number of nitrogens with one attached hydrogen (secondary N) is 2. The van der Waals surface area contributed by atoms with Gasteiger partial charge in [0.15, 0.2) is 0 Å². The van der Waals surface area contributed by atoms with E-state index in [1.54, 1.807) is 7.05 Å². The van der Waals surface area contributed by atoms with Crippen molar-refractivity contribution in [3.63, 3.8) is 0 Å². The Labute approximate surface area is 127 Å². The molecule has 3 aromatic rings. The van der Waals surface area contributed by atoms with Crippen LogP contribution in [0, 0.1) is 0 Å². The maximum Gasteiger partial charge on any atom is 0.233 e. The first kappa shape index (κ1) is 13.9. The van der Waals surface area contributed by atoms with Crippen LogP contribution in [0.5, 0.6) is 11.6 Å². The molecule has 112 valence electrons. The molecule has 0 spiro atoms. The second-order valence-corrected chi connectivity index (χ2v) is 4.44. The number of nitrogens with zero attached hydrogens (tertiary/aromatic N) is 3. The maximum absolute atomic E-state index is 5.87. The molecule has 0 aliphatic heterocycles. The van der Waals surface area contributed by atoms with E-state index in [-0.39, 0.29) is 0 Å². The number of rotatable bonds is 5. The summed E-state index contributed by atoms with van der Waals surface area (Å²) in [4.78, 5) is 16.2. The highest BCUT2D eigenvalue weighted by atomic mass is 16.6. The average Bonchev–Trinajstić information content (AvgIpc) is 3.01. The Kier molecular flexibility index (Phi) is 3.86. The molecule has 0 aliphatic carbocycles. The summed E-state index contributed by atoms with van der Waals surface area (Å²) in [5.74, 6) is 1.68. The van der Waals surface area contributed by atoms with Crippen molar-refractivity contribution in [2.45, 2.75) is 0 Å². The molecule has 2 aromatic heterocycles. The summed E-state index contributed by atoms with van der Waals surface area (Å²) >= 11 is 0. The highest BCUT2D eigenvalue weighted by molar-refractivity contribution is 5.89. The van der Waals surface area contributed by atoms with Crippen LogP contribution in [-0.4, -0.2) is 35.3 Å². The molecule has 7 heteroatoms. The molecule has 2 N–H and O–H groups in total. The molecule has 0 saturated carbocycles. The van der Waals surface area contributed by atoms with E-state index in [0.29, 0.717) is 23.0 Å². The monoisotopic (exact) mass is 297 g/mol. The van der Waals surface area contributed by atoms with E-state index in [2.05, 4.69) is 25.4 Å². The van der Waals surface area contributed by atoms with Crippen LogP contribution in [0.4, 0.5) is 5.82 Å². The second kappa shape index (κ2) is 6.13. The van der Waals surface area contributed by atoms with Gasteiger partial charge in [0.05, 0.1) is 6.21 Å². The maximum atomic E-state index is 5.87. The van der Waals surface area contributed by atoms with Gasteiger partial charge in [-0.25, -0.2) is 9.97 Å². The van der Waals surface area contributed by atoms with Crippen LogP contribution in [0.25, 0.3) is 10.9 Å². The van der Waals surface area contributed by atoms with Crippen molar-refractivity contribution in [1.29, 1.82) is 0 Å². The van der Waals surface area contributed by atoms with E-state index < -0.39 is 0 Å². The summed E-state index contributed by atoms with van der Waals surface area (Å²) in [5.41, 5.74) is 1.66. The summed E-state index contributed by atoms with van der Waals surface area (Å²) in [6.45, 7) is 0. The van der Waals surface area contributed by atoms with Gasteiger partial charge in [-0.1, -0.05) is 5.16 Å². The van der Waals surface area contributed by atoms with Crippen molar-refractivity contribution in [2.24, 2.45) is 5.16 Å². The summed E-state index contributed by atoms with van der Waals surface area (Å²) in [6, 6.07) is 7.74. The van der Waals surface area contributed by atoms with Crippen LogP contribution in [0.3, 0.4) is 0 Å². The Bertz CT molecular complexity index is 813. The van der Waals surface area contributed by atoms with Crippen molar-refractivity contribution >= 4 is 22.9 Å². The van der Waals surface area contributed by atoms with E-state index in [1.165, 1.54) is 19.7 Å². The zero-order chi connectivity index (χ0) is 15.4. The molecular formula is C15H15N5O2. The minimum atomic E-state index is 0.398. The van der Waals surface area contributed by atoms with Gasteiger partial charge in [0.25, 0.3) is 0 Å². The molecule has 0 amide bonds. The van der Waals surface area contributed by atoms with Crippen LogP contribution < -0.4 is 10.1 Å². The Hall–Kier alpha value is -3.09. The molecule has 0 saturated heterocycles. The third-order valence-electron chi connectivity index (χ3n) is 3.11. The third kappa shape index (κ3) is 2.69. The van der Waals surface area contributed by atoms with E-state index in [9.17, 15) is 0 Å². The first-order valence-electron chi connectivity index (χ1n) is 6.66. The summed E-state index contributed by atoms with van der Waals surface area (Å²) < 4.78 is 5.87. The minimum Gasteiger partial charge on any atom is -0.438 e. The molecule has 0 bridgehead atoms. The molecule has 22 heavy (non-hydrogen) atoms. The topological polar surface area (TPSA) is 84.4 Å². The van der Waals surface area contributed by atoms with E-state index >= 15 is 0 Å². The van der Waals surface area contributed by atoms with Crippen LogP contribution in [0.1, 0.15) is 5.56 Å². The van der Waals surface area contributed by atoms with Crippen molar-refractivity contribution < 1.29 is 9.57 Å². The van der Waals surface area contributed by atoms with E-state index in [0.717, 1.165) is 10.9 Å². The fraction of sp³-hybridized carbons (Fsp3) is 0.133. The quantitative estimate of drug-likeness (QED) is 0.559. The van der Waals surface area contributed by atoms with Gasteiger partial charge in [0.2, 0.25) is 5.88 Å². The Balaban J connectivity index is 1.98. The second-order valence-electron chi connectivity index (χ2n) is 4.44. The van der Waals surface area contributed by atoms with Gasteiger partial charge < -0.3 is 19.9 Å². The summed E-state index contributed by atoms with van der Waals surface area (Å²) in [6.07, 6.45) is 4.82. The molecule has 0 radical (unpaired) electrons. The Morgan fingerprint density at radius 1 is 1.27 bits per heavy atom. The van der Waals surface area contributed by atoms with Gasteiger partial charge in [-0.15, -0.1) is 0 Å². The van der Waals surface area contributed by atoms with Gasteiger partial charge in [-0.05, 0) is 24.3 Å². The lowest BCUT2D eigenvalue weighted by Crippen LogP contribution is -2.03. The standard InChI is InChI=1S/C15H15N5O2/c1-16-14-12(8-20-21-2)15(19-9-18-14)22-11-3-4-13-10(7-11)5-6-17-13/h3-9,17H,1-2H3,(H,16,18,19)/b20-8+. The van der Waals surface area contributed by atoms with Gasteiger partial charge in [0.1, 0.15) is 30.6 Å². The van der Waals surface area contributed by atoms with Crippen molar-refractivity contribution in [1.82, 2.24) is 15.0 Å². The van der Waals surface area contributed by atoms with Crippen LogP contribution >= 0.6 is 0 Å². The molecule has 2 heterocycles. The highest BCUT2D eigenvalue weighted by Crippen LogP contribution is 2.27. The lowest BCUT2D eigenvalue weighted by atomic mass is 10.2. The number of ether oxygens (including phenoxy) is 1. The lowest BCUT2D eigenvalue weighted by molar-refractivity contribution is 0.215. The molecule has 1 aromatic carbocycles. The molecule has 0 fully saturated rings. The number of aromatic amines is 1. The molecule has 0 atom stereocenters. The number of oxime groups is 1. The first-order valence-corrected chi connectivity index (χ1v) is 6.66. The smallest absolute Gasteiger partial charge is 0.233 e. The first-order chi connectivity index (χ1) is 10.8. The van der Waals surface area contributed by atoms with E-state index in [1.807, 2.05) is 30.5 Å². The summed E-state index contributed by atoms with van der Waals surface area (Å²) in [5, 5.41) is 7.80. The van der Waals surface area contributed by atoms with Crippen molar-refractivity contribution in [3.05, 3.63) is 42.4 Å². The van der Waals surface area contributed by atoms with E-state index in [4.69, 9.17) is 9.57 Å². The van der Waals surface area contributed by atoms with Crippen LogP contribution in [0.2, 0.25) is 0 Å². The number of hydrogen-bond acceptors (Lipinski definition) is 6. The van der Waals surface area contributed by atoms with Crippen molar-refractivity contribution in [2.75, 3.05) is 19.5 Å². The molecule has 3 rings (SSSR count). The van der Waals surface area contributed by atoms with Gasteiger partial charge in [-0.3, -0.25) is 0 Å². The number of aromatic nitrogens is 3. The number of fused-ring (bicyclic) bond motifs is 1.